The van der Waals surface area contributed by atoms with Crippen LogP contribution in [0.2, 0.25) is 0 Å². The van der Waals surface area contributed by atoms with E-state index in [2.05, 4.69) is 31.9 Å². The van der Waals surface area contributed by atoms with E-state index < -0.39 is 0 Å². The van der Waals surface area contributed by atoms with Gasteiger partial charge < -0.3 is 11.5 Å². The van der Waals surface area contributed by atoms with Crippen LogP contribution in [0, 0.1) is 0 Å². The van der Waals surface area contributed by atoms with Gasteiger partial charge in [0.2, 0.25) is 0 Å². The first-order valence-electron chi connectivity index (χ1n) is 5.67. The van der Waals surface area contributed by atoms with E-state index >= 15 is 0 Å². The van der Waals surface area contributed by atoms with Gasteiger partial charge in [-0.2, -0.15) is 0 Å². The summed E-state index contributed by atoms with van der Waals surface area (Å²) < 4.78 is 1.18. The lowest BCUT2D eigenvalue weighted by atomic mass is 9.83. The Morgan fingerprint density at radius 2 is 0.950 bits per heavy atom. The van der Waals surface area contributed by atoms with Gasteiger partial charge in [0.1, 0.15) is 0 Å². The minimum absolute atomic E-state index is 0.227. The van der Waals surface area contributed by atoms with Crippen LogP contribution in [0.15, 0.2) is 33.2 Å². The van der Waals surface area contributed by atoms with Crippen molar-refractivity contribution in [3.05, 3.63) is 55.5 Å². The highest BCUT2D eigenvalue weighted by Crippen LogP contribution is 2.35. The SMILES string of the molecule is Nc1cc2c(cc1Br)C(=O)c1cc(N)c(Br)cc1C2=O. The Labute approximate surface area is 131 Å². The zero-order valence-corrected chi connectivity index (χ0v) is 13.2. The Hall–Kier alpha value is -1.66. The van der Waals surface area contributed by atoms with Gasteiger partial charge in [0.05, 0.1) is 0 Å². The molecule has 0 saturated carbocycles. The molecule has 0 unspecified atom stereocenters. The van der Waals surface area contributed by atoms with E-state index in [-0.39, 0.29) is 11.6 Å². The molecule has 0 heterocycles. The van der Waals surface area contributed by atoms with Gasteiger partial charge in [-0.3, -0.25) is 9.59 Å². The molecule has 0 bridgehead atoms. The highest BCUT2D eigenvalue weighted by Gasteiger charge is 2.31. The molecule has 0 aliphatic heterocycles. The zero-order valence-electron chi connectivity index (χ0n) is 10.0. The van der Waals surface area contributed by atoms with Gasteiger partial charge in [0.15, 0.2) is 11.6 Å². The first kappa shape index (κ1) is 13.3. The van der Waals surface area contributed by atoms with Crippen molar-refractivity contribution in [2.75, 3.05) is 11.5 Å². The minimum atomic E-state index is -0.227. The third-order valence-corrected chi connectivity index (χ3v) is 4.63. The molecule has 0 aromatic heterocycles. The monoisotopic (exact) mass is 394 g/mol. The summed E-state index contributed by atoms with van der Waals surface area (Å²) in [5.41, 5.74) is 13.7. The molecule has 1 aliphatic carbocycles. The summed E-state index contributed by atoms with van der Waals surface area (Å²) in [6, 6.07) is 6.19. The van der Waals surface area contributed by atoms with Crippen LogP contribution in [-0.2, 0) is 0 Å². The van der Waals surface area contributed by atoms with Crippen LogP contribution in [-0.4, -0.2) is 11.6 Å². The molecule has 3 rings (SSSR count). The Kier molecular flexibility index (Phi) is 2.95. The fraction of sp³-hybridized carbons (Fsp3) is 0. The molecule has 0 saturated heterocycles. The van der Waals surface area contributed by atoms with Crippen molar-refractivity contribution in [2.24, 2.45) is 0 Å². The van der Waals surface area contributed by atoms with Crippen LogP contribution in [0.5, 0.6) is 0 Å². The second-order valence-corrected chi connectivity index (χ2v) is 6.21. The van der Waals surface area contributed by atoms with E-state index in [4.69, 9.17) is 11.5 Å². The molecule has 0 amide bonds. The summed E-state index contributed by atoms with van der Waals surface area (Å²) in [4.78, 5) is 25.0. The van der Waals surface area contributed by atoms with Crippen molar-refractivity contribution in [1.29, 1.82) is 0 Å². The fourth-order valence-electron chi connectivity index (χ4n) is 2.22. The summed E-state index contributed by atoms with van der Waals surface area (Å²) in [6.07, 6.45) is 0. The number of carbonyl (C=O) groups excluding carboxylic acids is 2. The van der Waals surface area contributed by atoms with Crippen LogP contribution >= 0.6 is 31.9 Å². The number of anilines is 2. The largest absolute Gasteiger partial charge is 0.398 e. The number of carbonyl (C=O) groups is 2. The topological polar surface area (TPSA) is 86.2 Å². The van der Waals surface area contributed by atoms with Crippen LogP contribution in [0.3, 0.4) is 0 Å². The molecule has 1 aliphatic rings. The average molecular weight is 396 g/mol. The maximum Gasteiger partial charge on any atom is 0.194 e. The molecule has 0 fully saturated rings. The maximum atomic E-state index is 12.5. The highest BCUT2D eigenvalue weighted by molar-refractivity contribution is 9.11. The van der Waals surface area contributed by atoms with Crippen molar-refractivity contribution in [2.45, 2.75) is 0 Å². The van der Waals surface area contributed by atoms with Gasteiger partial charge in [0, 0.05) is 42.6 Å². The van der Waals surface area contributed by atoms with E-state index in [0.717, 1.165) is 0 Å². The van der Waals surface area contributed by atoms with Gasteiger partial charge in [-0.15, -0.1) is 0 Å². The molecule has 6 heteroatoms. The van der Waals surface area contributed by atoms with E-state index in [9.17, 15) is 9.59 Å². The summed E-state index contributed by atoms with van der Waals surface area (Å²) in [5, 5.41) is 0. The molecule has 0 radical (unpaired) electrons. The van der Waals surface area contributed by atoms with E-state index in [1.165, 1.54) is 12.1 Å². The molecule has 4 nitrogen and oxygen atoms in total. The number of nitrogen functional groups attached to an aromatic ring is 2. The maximum absolute atomic E-state index is 12.5. The predicted molar refractivity (Wildman–Crippen MR) is 84.0 cm³/mol. The van der Waals surface area contributed by atoms with Crippen molar-refractivity contribution in [3.8, 4) is 0 Å². The number of ketones is 2. The molecule has 2 aromatic rings. The Bertz CT molecular complexity index is 671. The van der Waals surface area contributed by atoms with E-state index in [1.807, 2.05) is 0 Å². The second-order valence-electron chi connectivity index (χ2n) is 4.50. The van der Waals surface area contributed by atoms with Crippen molar-refractivity contribution in [1.82, 2.24) is 0 Å². The van der Waals surface area contributed by atoms with Crippen molar-refractivity contribution < 1.29 is 9.59 Å². The number of hydrogen-bond acceptors (Lipinski definition) is 4. The third kappa shape index (κ3) is 1.79. The number of fused-ring (bicyclic) bond motifs is 2. The fourth-order valence-corrected chi connectivity index (χ4v) is 2.91. The van der Waals surface area contributed by atoms with Crippen LogP contribution in [0.4, 0.5) is 11.4 Å². The lowest BCUT2D eigenvalue weighted by Crippen LogP contribution is -2.21. The Morgan fingerprint density at radius 3 is 1.30 bits per heavy atom. The number of nitrogens with two attached hydrogens (primary N) is 2. The molecule has 4 N–H and O–H groups in total. The summed E-state index contributed by atoms with van der Waals surface area (Å²) in [5.74, 6) is -0.455. The predicted octanol–water partition coefficient (Wildman–Crippen LogP) is 3.15. The first-order valence-corrected chi connectivity index (χ1v) is 7.26. The Morgan fingerprint density at radius 1 is 0.650 bits per heavy atom. The van der Waals surface area contributed by atoms with E-state index in [0.29, 0.717) is 42.6 Å². The van der Waals surface area contributed by atoms with Crippen LogP contribution < -0.4 is 11.5 Å². The summed E-state index contributed by atoms with van der Waals surface area (Å²) in [6.45, 7) is 0. The van der Waals surface area contributed by atoms with Crippen LogP contribution in [0.1, 0.15) is 31.8 Å². The van der Waals surface area contributed by atoms with Gasteiger partial charge in [-0.1, -0.05) is 0 Å². The third-order valence-electron chi connectivity index (χ3n) is 3.25. The smallest absolute Gasteiger partial charge is 0.194 e. The zero-order chi connectivity index (χ0) is 14.6. The van der Waals surface area contributed by atoms with Gasteiger partial charge >= 0.3 is 0 Å². The van der Waals surface area contributed by atoms with Gasteiger partial charge in [-0.05, 0) is 56.1 Å². The standard InChI is InChI=1S/C14H8Br2N2O2/c15-9-1-5-7(3-11(9)17)14(20)6-2-10(16)12(18)4-8(6)13(5)19/h1-4H,17-18H2. The van der Waals surface area contributed by atoms with Crippen molar-refractivity contribution in [3.63, 3.8) is 0 Å². The molecule has 0 spiro atoms. The van der Waals surface area contributed by atoms with Gasteiger partial charge in [0.25, 0.3) is 0 Å². The normalized spacial score (nSPS) is 13.1. The molecular formula is C14H8Br2N2O2. The number of rotatable bonds is 0. The molecular weight excluding hydrogens is 388 g/mol. The lowest BCUT2D eigenvalue weighted by Gasteiger charge is -2.19. The Balaban J connectivity index is 2.33. The second kappa shape index (κ2) is 4.43. The summed E-state index contributed by atoms with van der Waals surface area (Å²) in [7, 11) is 0. The quantitative estimate of drug-likeness (QED) is 0.572. The molecule has 100 valence electrons. The minimum Gasteiger partial charge on any atom is -0.398 e. The van der Waals surface area contributed by atoms with Crippen LogP contribution in [0.25, 0.3) is 0 Å². The van der Waals surface area contributed by atoms with Crippen molar-refractivity contribution >= 4 is 54.8 Å². The highest BCUT2D eigenvalue weighted by atomic mass is 79.9. The molecule has 2 aromatic carbocycles. The van der Waals surface area contributed by atoms with Gasteiger partial charge in [-0.25, -0.2) is 0 Å². The van der Waals surface area contributed by atoms with E-state index in [1.54, 1.807) is 12.1 Å². The number of hydrogen-bond donors (Lipinski definition) is 2. The average Bonchev–Trinajstić information content (AvgIpc) is 2.41. The first-order chi connectivity index (χ1) is 9.40. The summed E-state index contributed by atoms with van der Waals surface area (Å²) >= 11 is 6.53. The number of benzene rings is 2. The molecule has 20 heavy (non-hydrogen) atoms. The number of halogens is 2. The lowest BCUT2D eigenvalue weighted by molar-refractivity contribution is 0.0979. The molecule has 0 atom stereocenters.